The molecule has 2 aromatic rings. The van der Waals surface area contributed by atoms with Gasteiger partial charge in [-0.3, -0.25) is 0 Å². The molecule has 1 saturated heterocycles. The Hall–Kier alpha value is -2.04. The molecule has 0 aliphatic carbocycles. The van der Waals surface area contributed by atoms with Crippen molar-refractivity contribution in [2.75, 3.05) is 19.6 Å². The molecule has 0 saturated carbocycles. The van der Waals surface area contributed by atoms with E-state index in [1.807, 2.05) is 12.1 Å². The van der Waals surface area contributed by atoms with E-state index in [9.17, 15) is 0 Å². The number of piperidine rings is 1. The second-order valence-corrected chi connectivity index (χ2v) is 8.48. The van der Waals surface area contributed by atoms with Crippen molar-refractivity contribution in [1.29, 1.82) is 0 Å². The highest BCUT2D eigenvalue weighted by atomic mass is 35.5. The third-order valence-electron chi connectivity index (χ3n) is 6.26. The summed E-state index contributed by atoms with van der Waals surface area (Å²) in [5.74, 6) is 1.03. The fourth-order valence-electron chi connectivity index (χ4n) is 4.82. The zero-order valence-corrected chi connectivity index (χ0v) is 17.0. The van der Waals surface area contributed by atoms with Crippen molar-refractivity contribution in [1.82, 2.24) is 9.91 Å². The van der Waals surface area contributed by atoms with Gasteiger partial charge in [0.25, 0.3) is 0 Å². The minimum atomic E-state index is -0.336. The van der Waals surface area contributed by atoms with Crippen LogP contribution in [0.15, 0.2) is 53.6 Å². The molecule has 0 bridgehead atoms. The van der Waals surface area contributed by atoms with Gasteiger partial charge in [-0.05, 0) is 36.7 Å². The molecule has 28 heavy (non-hydrogen) atoms. The number of para-hydroxylation sites is 1. The third kappa shape index (κ3) is 2.99. The van der Waals surface area contributed by atoms with Gasteiger partial charge in [0.15, 0.2) is 0 Å². The molecule has 4 nitrogen and oxygen atoms in total. The summed E-state index contributed by atoms with van der Waals surface area (Å²) in [5, 5.41) is 8.16. The lowest BCUT2D eigenvalue weighted by Crippen LogP contribution is -2.59. The molecule has 1 unspecified atom stereocenters. The highest BCUT2D eigenvalue weighted by Gasteiger charge is 2.51. The standard InChI is InChI=1S/C23H26ClN3O/c1-2-13-26-14-11-23(12-15-26)27-21(19-5-3-4-6-22(19)28-23)16-20(25-27)17-7-9-18(24)10-8-17/h3-10,21H,2,11-16H2,1H3. The number of hydrogen-bond acceptors (Lipinski definition) is 4. The zero-order valence-electron chi connectivity index (χ0n) is 16.3. The number of fused-ring (bicyclic) bond motifs is 4. The molecule has 3 heterocycles. The SMILES string of the molecule is CCCN1CCC2(CC1)Oc1ccccc1C1CC(c3ccc(Cl)cc3)=NN12. The van der Waals surface area contributed by atoms with E-state index >= 15 is 0 Å². The average Bonchev–Trinajstić information content (AvgIpc) is 3.17. The number of benzene rings is 2. The van der Waals surface area contributed by atoms with Gasteiger partial charge in [0.05, 0.1) is 11.8 Å². The fourth-order valence-corrected chi connectivity index (χ4v) is 4.94. The first kappa shape index (κ1) is 18.0. The van der Waals surface area contributed by atoms with Crippen LogP contribution in [-0.4, -0.2) is 41.0 Å². The quantitative estimate of drug-likeness (QED) is 0.724. The van der Waals surface area contributed by atoms with Crippen molar-refractivity contribution in [2.24, 2.45) is 5.10 Å². The smallest absolute Gasteiger partial charge is 0.200 e. The molecule has 5 heteroatoms. The normalized spacial score (nSPS) is 23.1. The number of likely N-dealkylation sites (tertiary alicyclic amines) is 1. The van der Waals surface area contributed by atoms with Crippen LogP contribution in [0, 0.1) is 0 Å². The topological polar surface area (TPSA) is 28.1 Å². The first-order valence-electron chi connectivity index (χ1n) is 10.3. The first-order chi connectivity index (χ1) is 13.7. The van der Waals surface area contributed by atoms with Crippen molar-refractivity contribution in [3.8, 4) is 5.75 Å². The Labute approximate surface area is 171 Å². The summed E-state index contributed by atoms with van der Waals surface area (Å²) in [6.45, 7) is 5.53. The van der Waals surface area contributed by atoms with Crippen LogP contribution >= 0.6 is 11.6 Å². The van der Waals surface area contributed by atoms with Crippen LogP contribution < -0.4 is 4.74 Å². The number of halogens is 1. The molecular formula is C23H26ClN3O. The first-order valence-corrected chi connectivity index (χ1v) is 10.7. The third-order valence-corrected chi connectivity index (χ3v) is 6.51. The summed E-state index contributed by atoms with van der Waals surface area (Å²) in [7, 11) is 0. The van der Waals surface area contributed by atoms with Crippen LogP contribution in [0.25, 0.3) is 0 Å². The molecule has 0 N–H and O–H groups in total. The molecule has 2 aromatic carbocycles. The van der Waals surface area contributed by atoms with E-state index in [1.54, 1.807) is 0 Å². The minimum absolute atomic E-state index is 0.244. The zero-order chi connectivity index (χ0) is 19.1. The molecule has 0 radical (unpaired) electrons. The van der Waals surface area contributed by atoms with Crippen molar-refractivity contribution >= 4 is 17.3 Å². The maximum Gasteiger partial charge on any atom is 0.200 e. The van der Waals surface area contributed by atoms with E-state index in [1.165, 1.54) is 12.0 Å². The Morgan fingerprint density at radius 2 is 1.86 bits per heavy atom. The summed E-state index contributed by atoms with van der Waals surface area (Å²) >= 11 is 6.09. The van der Waals surface area contributed by atoms with Gasteiger partial charge in [-0.1, -0.05) is 48.9 Å². The van der Waals surface area contributed by atoms with Crippen LogP contribution in [0.2, 0.25) is 5.02 Å². The van der Waals surface area contributed by atoms with Crippen LogP contribution in [-0.2, 0) is 0 Å². The Morgan fingerprint density at radius 3 is 2.61 bits per heavy atom. The molecule has 0 amide bonds. The Balaban J connectivity index is 1.51. The Morgan fingerprint density at radius 1 is 1.11 bits per heavy atom. The molecular weight excluding hydrogens is 370 g/mol. The van der Waals surface area contributed by atoms with E-state index in [-0.39, 0.29) is 11.8 Å². The lowest BCUT2D eigenvalue weighted by atomic mass is 9.90. The Kier molecular flexibility index (Phi) is 4.56. The van der Waals surface area contributed by atoms with E-state index in [0.717, 1.165) is 60.9 Å². The minimum Gasteiger partial charge on any atom is -0.466 e. The molecule has 1 atom stereocenters. The van der Waals surface area contributed by atoms with Gasteiger partial charge in [-0.25, -0.2) is 5.01 Å². The van der Waals surface area contributed by atoms with Crippen molar-refractivity contribution in [3.63, 3.8) is 0 Å². The number of ether oxygens (including phenoxy) is 1. The molecule has 0 aromatic heterocycles. The van der Waals surface area contributed by atoms with Gasteiger partial charge in [0.2, 0.25) is 5.72 Å². The van der Waals surface area contributed by atoms with Crippen molar-refractivity contribution < 1.29 is 4.74 Å². The van der Waals surface area contributed by atoms with Crippen molar-refractivity contribution in [2.45, 2.75) is 44.4 Å². The van der Waals surface area contributed by atoms with E-state index < -0.39 is 0 Å². The van der Waals surface area contributed by atoms with Gasteiger partial charge < -0.3 is 9.64 Å². The van der Waals surface area contributed by atoms with Gasteiger partial charge in [-0.15, -0.1) is 0 Å². The lowest BCUT2D eigenvalue weighted by Gasteiger charge is -2.51. The fraction of sp³-hybridized carbons (Fsp3) is 0.435. The largest absolute Gasteiger partial charge is 0.466 e. The lowest BCUT2D eigenvalue weighted by molar-refractivity contribution is -0.149. The summed E-state index contributed by atoms with van der Waals surface area (Å²) in [4.78, 5) is 2.55. The summed E-state index contributed by atoms with van der Waals surface area (Å²) < 4.78 is 6.68. The molecule has 5 rings (SSSR count). The van der Waals surface area contributed by atoms with Crippen molar-refractivity contribution in [3.05, 3.63) is 64.7 Å². The van der Waals surface area contributed by atoms with Crippen LogP contribution in [0.4, 0.5) is 0 Å². The second-order valence-electron chi connectivity index (χ2n) is 8.05. The maximum absolute atomic E-state index is 6.68. The summed E-state index contributed by atoms with van der Waals surface area (Å²) in [6, 6.07) is 16.8. The number of rotatable bonds is 3. The van der Waals surface area contributed by atoms with E-state index in [2.05, 4.69) is 53.2 Å². The average molecular weight is 396 g/mol. The van der Waals surface area contributed by atoms with Crippen LogP contribution in [0.5, 0.6) is 5.75 Å². The summed E-state index contributed by atoms with van der Waals surface area (Å²) in [5.41, 5.74) is 3.18. The number of nitrogens with zero attached hydrogens (tertiary/aromatic N) is 3. The van der Waals surface area contributed by atoms with Crippen LogP contribution in [0.3, 0.4) is 0 Å². The second kappa shape index (κ2) is 7.09. The van der Waals surface area contributed by atoms with Gasteiger partial charge in [-0.2, -0.15) is 5.10 Å². The van der Waals surface area contributed by atoms with Gasteiger partial charge in [0, 0.05) is 42.9 Å². The molecule has 3 aliphatic heterocycles. The number of hydrogen-bond donors (Lipinski definition) is 0. The van der Waals surface area contributed by atoms with Gasteiger partial charge >= 0.3 is 0 Å². The summed E-state index contributed by atoms with van der Waals surface area (Å²) in [6.07, 6.45) is 4.06. The maximum atomic E-state index is 6.68. The number of hydrazone groups is 1. The highest BCUT2D eigenvalue weighted by molar-refractivity contribution is 6.30. The Bertz CT molecular complexity index is 887. The molecule has 1 fully saturated rings. The van der Waals surface area contributed by atoms with E-state index in [4.69, 9.17) is 21.4 Å². The predicted octanol–water partition coefficient (Wildman–Crippen LogP) is 5.09. The highest BCUT2D eigenvalue weighted by Crippen LogP contribution is 2.49. The molecule has 3 aliphatic rings. The van der Waals surface area contributed by atoms with Crippen LogP contribution in [0.1, 0.15) is 49.8 Å². The predicted molar refractivity (Wildman–Crippen MR) is 113 cm³/mol. The van der Waals surface area contributed by atoms with Gasteiger partial charge in [0.1, 0.15) is 5.75 Å². The molecule has 146 valence electrons. The molecule has 1 spiro atoms. The monoisotopic (exact) mass is 395 g/mol. The van der Waals surface area contributed by atoms with E-state index in [0.29, 0.717) is 0 Å².